The maximum absolute atomic E-state index is 12.9. The van der Waals surface area contributed by atoms with E-state index in [-0.39, 0.29) is 4.90 Å². The van der Waals surface area contributed by atoms with E-state index in [9.17, 15) is 8.42 Å². The smallest absolute Gasteiger partial charge is 0.298 e. The molecule has 0 saturated heterocycles. The van der Waals surface area contributed by atoms with Crippen LogP contribution in [0, 0.1) is 11.5 Å². The van der Waals surface area contributed by atoms with E-state index < -0.39 is 24.3 Å². The summed E-state index contributed by atoms with van der Waals surface area (Å²) in [6, 6.07) is 6.25. The highest BCUT2D eigenvalue weighted by molar-refractivity contribution is 7.86. The SMILES string of the molecule is CC/C=C/CCC(C#C[Si](C(C)C)(C(C)C)C(C)C)OS(=O)(=O)c1ccc(OC)cc1. The molecule has 1 rings (SSSR count). The van der Waals surface area contributed by atoms with Crippen LogP contribution in [0.4, 0.5) is 0 Å². The van der Waals surface area contributed by atoms with Crippen molar-refractivity contribution < 1.29 is 17.3 Å². The monoisotopic (exact) mass is 464 g/mol. The second-order valence-corrected chi connectivity index (χ2v) is 16.0. The van der Waals surface area contributed by atoms with E-state index in [0.29, 0.717) is 28.8 Å². The van der Waals surface area contributed by atoms with Gasteiger partial charge < -0.3 is 4.74 Å². The van der Waals surface area contributed by atoms with Crippen molar-refractivity contribution >= 4 is 18.2 Å². The first-order chi connectivity index (χ1) is 14.5. The zero-order chi connectivity index (χ0) is 23.7. The molecule has 1 aromatic rings. The summed E-state index contributed by atoms with van der Waals surface area (Å²) in [5, 5.41) is 0. The summed E-state index contributed by atoms with van der Waals surface area (Å²) in [6.07, 6.45) is 5.69. The molecule has 0 saturated carbocycles. The fourth-order valence-corrected chi connectivity index (χ4v) is 10.6. The molecule has 0 amide bonds. The highest BCUT2D eigenvalue weighted by Crippen LogP contribution is 2.40. The normalized spacial score (nSPS) is 13.6. The van der Waals surface area contributed by atoms with Crippen LogP contribution in [0.15, 0.2) is 41.3 Å². The Morgan fingerprint density at radius 3 is 1.97 bits per heavy atom. The van der Waals surface area contributed by atoms with Gasteiger partial charge in [0.25, 0.3) is 10.1 Å². The first-order valence-corrected chi connectivity index (χ1v) is 14.9. The molecule has 0 fully saturated rings. The molecule has 4 nitrogen and oxygen atoms in total. The van der Waals surface area contributed by atoms with Crippen molar-refractivity contribution in [2.24, 2.45) is 0 Å². The Kier molecular flexibility index (Phi) is 11.1. The van der Waals surface area contributed by atoms with Crippen LogP contribution in [-0.2, 0) is 14.3 Å². The lowest BCUT2D eigenvalue weighted by Gasteiger charge is -2.38. The predicted octanol–water partition coefficient (Wildman–Crippen LogP) is 6.74. The molecule has 0 heterocycles. The van der Waals surface area contributed by atoms with Gasteiger partial charge in [-0.2, -0.15) is 8.42 Å². The summed E-state index contributed by atoms with van der Waals surface area (Å²) in [5.74, 6) is 3.88. The standard InChI is InChI=1S/C25H40O4SSi/c1-9-10-11-12-13-24(18-19-31(20(2)3,21(4)5)22(6)7)29-30(26,27)25-16-14-23(28-8)15-17-25/h10-11,14-17,20-22,24H,9,12-13H2,1-8H3/b11-10+. The third kappa shape index (κ3) is 7.52. The lowest BCUT2D eigenvalue weighted by atomic mass is 10.2. The molecule has 0 aliphatic heterocycles. The second-order valence-electron chi connectivity index (χ2n) is 8.84. The van der Waals surface area contributed by atoms with Crippen LogP contribution in [-0.4, -0.2) is 29.7 Å². The molecule has 0 aromatic heterocycles. The first kappa shape index (κ1) is 27.5. The molecule has 1 atom stereocenters. The van der Waals surface area contributed by atoms with Gasteiger partial charge in [-0.1, -0.05) is 66.5 Å². The second kappa shape index (κ2) is 12.5. The summed E-state index contributed by atoms with van der Waals surface area (Å²) in [5.41, 5.74) is 5.03. The van der Waals surface area contributed by atoms with Gasteiger partial charge in [0.1, 0.15) is 19.9 Å². The van der Waals surface area contributed by atoms with Crippen LogP contribution in [0.5, 0.6) is 5.75 Å². The minimum Gasteiger partial charge on any atom is -0.497 e. The number of ether oxygens (including phenoxy) is 1. The van der Waals surface area contributed by atoms with Gasteiger partial charge in [0, 0.05) is 0 Å². The van der Waals surface area contributed by atoms with E-state index in [4.69, 9.17) is 8.92 Å². The molecular weight excluding hydrogens is 424 g/mol. The molecule has 0 N–H and O–H groups in total. The molecule has 0 bridgehead atoms. The van der Waals surface area contributed by atoms with Crippen molar-refractivity contribution in [3.05, 3.63) is 36.4 Å². The summed E-state index contributed by atoms with van der Waals surface area (Å²) >= 11 is 0. The number of methoxy groups -OCH3 is 1. The Balaban J connectivity index is 3.28. The molecule has 1 unspecified atom stereocenters. The Hall–Kier alpha value is -1.55. The third-order valence-electron chi connectivity index (χ3n) is 5.90. The van der Waals surface area contributed by atoms with E-state index in [2.05, 4.69) is 72.1 Å². The fraction of sp³-hybridized carbons (Fsp3) is 0.600. The van der Waals surface area contributed by atoms with Crippen molar-refractivity contribution in [2.45, 2.75) is 95.4 Å². The first-order valence-electron chi connectivity index (χ1n) is 11.3. The fourth-order valence-electron chi connectivity index (χ4n) is 4.27. The van der Waals surface area contributed by atoms with E-state index in [1.807, 2.05) is 0 Å². The summed E-state index contributed by atoms with van der Waals surface area (Å²) < 4.78 is 36.6. The minimum atomic E-state index is -3.92. The van der Waals surface area contributed by atoms with Crippen LogP contribution < -0.4 is 4.74 Å². The summed E-state index contributed by atoms with van der Waals surface area (Å²) in [6.45, 7) is 15.5. The van der Waals surface area contributed by atoms with Crippen molar-refractivity contribution in [1.82, 2.24) is 0 Å². The van der Waals surface area contributed by atoms with Gasteiger partial charge in [-0.15, -0.1) is 5.54 Å². The molecule has 31 heavy (non-hydrogen) atoms. The van der Waals surface area contributed by atoms with Crippen LogP contribution >= 0.6 is 0 Å². The van der Waals surface area contributed by atoms with Gasteiger partial charge in [-0.05, 0) is 60.2 Å². The molecule has 0 aliphatic carbocycles. The van der Waals surface area contributed by atoms with Gasteiger partial charge >= 0.3 is 0 Å². The molecular formula is C25H40O4SSi. The highest BCUT2D eigenvalue weighted by atomic mass is 32.2. The lowest BCUT2D eigenvalue weighted by Crippen LogP contribution is -2.43. The van der Waals surface area contributed by atoms with E-state index in [0.717, 1.165) is 12.8 Å². The minimum absolute atomic E-state index is 0.115. The van der Waals surface area contributed by atoms with Crippen LogP contribution in [0.25, 0.3) is 0 Å². The zero-order valence-electron chi connectivity index (χ0n) is 20.4. The van der Waals surface area contributed by atoms with E-state index >= 15 is 0 Å². The van der Waals surface area contributed by atoms with Gasteiger partial charge in [-0.25, -0.2) is 4.18 Å². The average molecular weight is 465 g/mol. The average Bonchev–Trinajstić information content (AvgIpc) is 2.70. The topological polar surface area (TPSA) is 52.6 Å². The van der Waals surface area contributed by atoms with Crippen LogP contribution in [0.3, 0.4) is 0 Å². The molecule has 6 heteroatoms. The molecule has 0 spiro atoms. The van der Waals surface area contributed by atoms with Crippen molar-refractivity contribution in [1.29, 1.82) is 0 Å². The Labute approximate surface area is 191 Å². The van der Waals surface area contributed by atoms with E-state index in [1.165, 1.54) is 12.1 Å². The lowest BCUT2D eigenvalue weighted by molar-refractivity contribution is 0.255. The number of hydrogen-bond acceptors (Lipinski definition) is 4. The Bertz CT molecular complexity index is 837. The van der Waals surface area contributed by atoms with Crippen LogP contribution in [0.1, 0.15) is 67.7 Å². The van der Waals surface area contributed by atoms with Crippen molar-refractivity contribution in [3.63, 3.8) is 0 Å². The van der Waals surface area contributed by atoms with Crippen LogP contribution in [0.2, 0.25) is 16.6 Å². The number of allylic oxidation sites excluding steroid dienone is 2. The van der Waals surface area contributed by atoms with Crippen molar-refractivity contribution in [2.75, 3.05) is 7.11 Å². The summed E-state index contributed by atoms with van der Waals surface area (Å²) in [4.78, 5) is 0.115. The molecule has 174 valence electrons. The summed E-state index contributed by atoms with van der Waals surface area (Å²) in [7, 11) is -4.36. The van der Waals surface area contributed by atoms with Crippen molar-refractivity contribution in [3.8, 4) is 17.2 Å². The van der Waals surface area contributed by atoms with Gasteiger partial charge in [0.15, 0.2) is 0 Å². The quantitative estimate of drug-likeness (QED) is 0.157. The molecule has 0 radical (unpaired) electrons. The predicted molar refractivity (Wildman–Crippen MR) is 133 cm³/mol. The highest BCUT2D eigenvalue weighted by Gasteiger charge is 2.41. The number of hydrogen-bond donors (Lipinski definition) is 0. The number of rotatable bonds is 11. The Morgan fingerprint density at radius 1 is 0.968 bits per heavy atom. The zero-order valence-corrected chi connectivity index (χ0v) is 22.3. The third-order valence-corrected chi connectivity index (χ3v) is 13.5. The van der Waals surface area contributed by atoms with Gasteiger partial charge in [-0.3, -0.25) is 0 Å². The Morgan fingerprint density at radius 2 is 1.52 bits per heavy atom. The molecule has 1 aromatic carbocycles. The van der Waals surface area contributed by atoms with E-state index in [1.54, 1.807) is 19.2 Å². The maximum Gasteiger partial charge on any atom is 0.298 e. The maximum atomic E-state index is 12.9. The molecule has 0 aliphatic rings. The number of benzene rings is 1. The largest absolute Gasteiger partial charge is 0.497 e. The van der Waals surface area contributed by atoms with Gasteiger partial charge in [0.2, 0.25) is 0 Å². The van der Waals surface area contributed by atoms with Gasteiger partial charge in [0.05, 0.1) is 12.0 Å².